The van der Waals surface area contributed by atoms with Crippen LogP contribution in [-0.4, -0.2) is 26.8 Å². The third-order valence-corrected chi connectivity index (χ3v) is 5.10. The highest BCUT2D eigenvalue weighted by Gasteiger charge is 2.11. The Morgan fingerprint density at radius 3 is 2.66 bits per heavy atom. The van der Waals surface area contributed by atoms with E-state index < -0.39 is 5.97 Å². The SMILES string of the molecule is Cc1cc(C(=O)O)ccc1N=Cc1cc(C)n(-c2ccc3ncccc3c2)c1C. The molecule has 0 bridgehead atoms. The molecule has 144 valence electrons. The lowest BCUT2D eigenvalue weighted by Gasteiger charge is -2.10. The molecule has 29 heavy (non-hydrogen) atoms. The topological polar surface area (TPSA) is 67.5 Å². The molecule has 2 aromatic heterocycles. The number of aromatic nitrogens is 2. The molecule has 2 heterocycles. The van der Waals surface area contributed by atoms with Gasteiger partial charge in [0.15, 0.2) is 0 Å². The predicted molar refractivity (Wildman–Crippen MR) is 116 cm³/mol. The van der Waals surface area contributed by atoms with Crippen LogP contribution < -0.4 is 0 Å². The second kappa shape index (κ2) is 7.36. The summed E-state index contributed by atoms with van der Waals surface area (Å²) in [5, 5.41) is 10.2. The molecule has 0 saturated carbocycles. The van der Waals surface area contributed by atoms with Gasteiger partial charge in [-0.3, -0.25) is 9.98 Å². The van der Waals surface area contributed by atoms with Crippen molar-refractivity contribution in [2.24, 2.45) is 4.99 Å². The lowest BCUT2D eigenvalue weighted by atomic mass is 10.1. The third-order valence-electron chi connectivity index (χ3n) is 5.10. The van der Waals surface area contributed by atoms with Crippen molar-refractivity contribution in [3.05, 3.63) is 88.9 Å². The Morgan fingerprint density at radius 1 is 1.07 bits per heavy atom. The fraction of sp³-hybridized carbons (Fsp3) is 0.125. The lowest BCUT2D eigenvalue weighted by molar-refractivity contribution is 0.0697. The predicted octanol–water partition coefficient (Wildman–Crippen LogP) is 5.40. The minimum Gasteiger partial charge on any atom is -0.478 e. The van der Waals surface area contributed by atoms with E-state index in [2.05, 4.69) is 52.7 Å². The van der Waals surface area contributed by atoms with E-state index in [0.29, 0.717) is 0 Å². The highest BCUT2D eigenvalue weighted by molar-refractivity contribution is 5.89. The summed E-state index contributed by atoms with van der Waals surface area (Å²) in [7, 11) is 0. The van der Waals surface area contributed by atoms with E-state index in [9.17, 15) is 4.79 Å². The molecule has 0 saturated heterocycles. The summed E-state index contributed by atoms with van der Waals surface area (Å²) in [6, 6.07) is 17.3. The second-order valence-electron chi connectivity index (χ2n) is 7.11. The zero-order chi connectivity index (χ0) is 20.5. The van der Waals surface area contributed by atoms with Gasteiger partial charge in [-0.25, -0.2) is 4.79 Å². The third kappa shape index (κ3) is 3.55. The van der Waals surface area contributed by atoms with Crippen molar-refractivity contribution in [2.45, 2.75) is 20.8 Å². The Morgan fingerprint density at radius 2 is 1.90 bits per heavy atom. The summed E-state index contributed by atoms with van der Waals surface area (Å²) in [4.78, 5) is 20.1. The number of hydrogen-bond acceptors (Lipinski definition) is 3. The first-order chi connectivity index (χ1) is 13.9. The van der Waals surface area contributed by atoms with Gasteiger partial charge < -0.3 is 9.67 Å². The monoisotopic (exact) mass is 383 g/mol. The maximum Gasteiger partial charge on any atom is 0.335 e. The number of hydrogen-bond donors (Lipinski definition) is 1. The van der Waals surface area contributed by atoms with Crippen LogP contribution in [0.4, 0.5) is 5.69 Å². The number of rotatable bonds is 4. The van der Waals surface area contributed by atoms with E-state index in [0.717, 1.165) is 44.8 Å². The molecule has 0 unspecified atom stereocenters. The van der Waals surface area contributed by atoms with Gasteiger partial charge in [0.2, 0.25) is 0 Å². The first kappa shape index (κ1) is 18.6. The number of benzene rings is 2. The van der Waals surface area contributed by atoms with Crippen molar-refractivity contribution in [1.82, 2.24) is 9.55 Å². The molecule has 2 aromatic carbocycles. The molecule has 0 radical (unpaired) electrons. The smallest absolute Gasteiger partial charge is 0.335 e. The van der Waals surface area contributed by atoms with Crippen molar-refractivity contribution in [3.63, 3.8) is 0 Å². The van der Waals surface area contributed by atoms with E-state index in [1.807, 2.05) is 25.3 Å². The standard InChI is InChI=1S/C24H21N3O2/c1-15-11-19(24(28)29)6-8-22(15)26-14-20-12-16(2)27(17(20)3)21-7-9-23-18(13-21)5-4-10-25-23/h4-14H,1-3H3,(H,28,29). The van der Waals surface area contributed by atoms with Gasteiger partial charge in [0.05, 0.1) is 16.8 Å². The van der Waals surface area contributed by atoms with Crippen LogP contribution in [0.15, 0.2) is 65.8 Å². The second-order valence-corrected chi connectivity index (χ2v) is 7.11. The number of aliphatic imine (C=N–C) groups is 1. The number of carboxylic acid groups (broad SMARTS) is 1. The maximum absolute atomic E-state index is 11.1. The van der Waals surface area contributed by atoms with Gasteiger partial charge in [-0.2, -0.15) is 0 Å². The quantitative estimate of drug-likeness (QED) is 0.480. The van der Waals surface area contributed by atoms with Gasteiger partial charge in [0, 0.05) is 40.4 Å². The average Bonchev–Trinajstić information content (AvgIpc) is 2.99. The molecule has 0 spiro atoms. The Balaban J connectivity index is 1.70. The minimum absolute atomic E-state index is 0.269. The molecule has 4 rings (SSSR count). The minimum atomic E-state index is -0.933. The molecule has 0 aliphatic rings. The van der Waals surface area contributed by atoms with Gasteiger partial charge in [0.1, 0.15) is 0 Å². The van der Waals surface area contributed by atoms with E-state index in [1.54, 1.807) is 24.4 Å². The fourth-order valence-electron chi connectivity index (χ4n) is 3.59. The van der Waals surface area contributed by atoms with Crippen LogP contribution in [0.25, 0.3) is 16.6 Å². The first-order valence-electron chi connectivity index (χ1n) is 9.36. The average molecular weight is 383 g/mol. The number of carbonyl (C=O) groups is 1. The molecular formula is C24H21N3O2. The van der Waals surface area contributed by atoms with Crippen LogP contribution in [0, 0.1) is 20.8 Å². The van der Waals surface area contributed by atoms with Crippen LogP contribution in [0.5, 0.6) is 0 Å². The molecule has 5 nitrogen and oxygen atoms in total. The number of aromatic carboxylic acids is 1. The summed E-state index contributed by atoms with van der Waals surface area (Å²) in [6.45, 7) is 6.01. The van der Waals surface area contributed by atoms with Gasteiger partial charge >= 0.3 is 5.97 Å². The van der Waals surface area contributed by atoms with Crippen LogP contribution in [0.2, 0.25) is 0 Å². The summed E-state index contributed by atoms with van der Waals surface area (Å²) >= 11 is 0. The molecule has 0 fully saturated rings. The normalized spacial score (nSPS) is 11.4. The van der Waals surface area contributed by atoms with Gasteiger partial charge in [-0.05, 0) is 74.9 Å². The summed E-state index contributed by atoms with van der Waals surface area (Å²) < 4.78 is 2.20. The van der Waals surface area contributed by atoms with Crippen molar-refractivity contribution < 1.29 is 9.90 Å². The highest BCUT2D eigenvalue weighted by atomic mass is 16.4. The molecule has 5 heteroatoms. The number of carboxylic acids is 1. The number of nitrogens with zero attached hydrogens (tertiary/aromatic N) is 3. The Bertz CT molecular complexity index is 1270. The van der Waals surface area contributed by atoms with Gasteiger partial charge in [-0.1, -0.05) is 6.07 Å². The van der Waals surface area contributed by atoms with E-state index in [4.69, 9.17) is 5.11 Å². The highest BCUT2D eigenvalue weighted by Crippen LogP contribution is 2.24. The first-order valence-corrected chi connectivity index (χ1v) is 9.36. The van der Waals surface area contributed by atoms with Gasteiger partial charge in [0.25, 0.3) is 0 Å². The van der Waals surface area contributed by atoms with Crippen LogP contribution >= 0.6 is 0 Å². The largest absolute Gasteiger partial charge is 0.478 e. The van der Waals surface area contributed by atoms with Crippen LogP contribution in [0.3, 0.4) is 0 Å². The Hall–Kier alpha value is -3.73. The Labute approximate surface area is 169 Å². The summed E-state index contributed by atoms with van der Waals surface area (Å²) in [6.07, 6.45) is 3.64. The van der Waals surface area contributed by atoms with Crippen LogP contribution in [0.1, 0.15) is 32.9 Å². The number of pyridine rings is 1. The zero-order valence-corrected chi connectivity index (χ0v) is 16.5. The number of aryl methyl sites for hydroxylation is 2. The van der Waals surface area contributed by atoms with E-state index in [1.165, 1.54) is 0 Å². The van der Waals surface area contributed by atoms with Crippen molar-refractivity contribution in [1.29, 1.82) is 0 Å². The molecule has 0 amide bonds. The Kier molecular flexibility index (Phi) is 4.72. The van der Waals surface area contributed by atoms with Gasteiger partial charge in [-0.15, -0.1) is 0 Å². The molecule has 0 aliphatic carbocycles. The number of fused-ring (bicyclic) bond motifs is 1. The zero-order valence-electron chi connectivity index (χ0n) is 16.5. The maximum atomic E-state index is 11.1. The molecule has 1 N–H and O–H groups in total. The molecule has 4 aromatic rings. The molecule has 0 aliphatic heterocycles. The molecule has 0 atom stereocenters. The summed E-state index contributed by atoms with van der Waals surface area (Å²) in [5.74, 6) is -0.933. The van der Waals surface area contributed by atoms with Crippen molar-refractivity contribution >= 4 is 28.8 Å². The molecular weight excluding hydrogens is 362 g/mol. The van der Waals surface area contributed by atoms with Crippen molar-refractivity contribution in [3.8, 4) is 5.69 Å². The van der Waals surface area contributed by atoms with Crippen LogP contribution in [-0.2, 0) is 0 Å². The lowest BCUT2D eigenvalue weighted by Crippen LogP contribution is -1.99. The fourth-order valence-corrected chi connectivity index (χ4v) is 3.59. The van der Waals surface area contributed by atoms with E-state index >= 15 is 0 Å². The van der Waals surface area contributed by atoms with Crippen molar-refractivity contribution in [2.75, 3.05) is 0 Å². The van der Waals surface area contributed by atoms with E-state index in [-0.39, 0.29) is 5.56 Å². The summed E-state index contributed by atoms with van der Waals surface area (Å²) in [5.41, 5.74) is 7.15.